The zero-order chi connectivity index (χ0) is 11.7. The highest BCUT2D eigenvalue weighted by molar-refractivity contribution is 5.68. The number of nitrogens with one attached hydrogen (secondary N) is 1. The Morgan fingerprint density at radius 1 is 1.25 bits per heavy atom. The molecule has 0 spiro atoms. The maximum absolute atomic E-state index is 13.4. The molecule has 1 heterocycles. The summed E-state index contributed by atoms with van der Waals surface area (Å²) in [6, 6.07) is 6.32. The van der Waals surface area contributed by atoms with Crippen molar-refractivity contribution in [3.05, 3.63) is 41.5 Å². The number of nitriles is 1. The predicted molar refractivity (Wildman–Crippen MR) is 55.3 cm³/mol. The van der Waals surface area contributed by atoms with Crippen molar-refractivity contribution in [2.45, 2.75) is 0 Å². The number of nitrogens with two attached hydrogens (primary N) is 1. The minimum Gasteiger partial charge on any atom is -0.384 e. The van der Waals surface area contributed by atoms with E-state index in [4.69, 9.17) is 11.0 Å². The minimum atomic E-state index is -0.577. The molecule has 2 rings (SSSR count). The van der Waals surface area contributed by atoms with Gasteiger partial charge in [-0.25, -0.2) is 8.78 Å². The normalized spacial score (nSPS) is 10.1. The van der Waals surface area contributed by atoms with Crippen LogP contribution in [0.3, 0.4) is 0 Å². The van der Waals surface area contributed by atoms with Gasteiger partial charge in [-0.3, -0.25) is 0 Å². The number of halogens is 2. The first kappa shape index (κ1) is 10.2. The number of benzene rings is 1. The van der Waals surface area contributed by atoms with Gasteiger partial charge in [0.05, 0.1) is 11.3 Å². The number of H-pyrrole nitrogens is 1. The van der Waals surface area contributed by atoms with Crippen molar-refractivity contribution in [1.29, 1.82) is 5.26 Å². The Hall–Kier alpha value is -2.35. The zero-order valence-electron chi connectivity index (χ0n) is 8.09. The first-order valence-electron chi connectivity index (χ1n) is 4.46. The quantitative estimate of drug-likeness (QED) is 0.773. The fourth-order valence-electron chi connectivity index (χ4n) is 1.41. The Balaban J connectivity index is 2.59. The van der Waals surface area contributed by atoms with E-state index in [0.717, 1.165) is 18.2 Å². The molecule has 2 aromatic rings. The third kappa shape index (κ3) is 1.61. The van der Waals surface area contributed by atoms with Crippen LogP contribution in [0.25, 0.3) is 11.3 Å². The monoisotopic (exact) mass is 219 g/mol. The molecule has 0 amide bonds. The summed E-state index contributed by atoms with van der Waals surface area (Å²) in [4.78, 5) is 2.63. The third-order valence-corrected chi connectivity index (χ3v) is 2.19. The standard InChI is InChI=1S/C11H7F2N3/c12-7-1-2-9(13)8(4-7)10-3-6(5-14)11(15)16-10/h1-4,16H,15H2. The van der Waals surface area contributed by atoms with Gasteiger partial charge in [0.1, 0.15) is 23.5 Å². The maximum Gasteiger partial charge on any atom is 0.132 e. The van der Waals surface area contributed by atoms with Crippen LogP contribution in [0, 0.1) is 23.0 Å². The van der Waals surface area contributed by atoms with Crippen LogP contribution >= 0.6 is 0 Å². The summed E-state index contributed by atoms with van der Waals surface area (Å²) in [6.45, 7) is 0. The van der Waals surface area contributed by atoms with Gasteiger partial charge in [-0.05, 0) is 24.3 Å². The van der Waals surface area contributed by atoms with E-state index >= 15 is 0 Å². The molecule has 0 aliphatic rings. The van der Waals surface area contributed by atoms with Gasteiger partial charge < -0.3 is 10.7 Å². The Kier molecular flexibility index (Phi) is 2.33. The smallest absolute Gasteiger partial charge is 0.132 e. The average molecular weight is 219 g/mol. The molecule has 0 aliphatic carbocycles. The van der Waals surface area contributed by atoms with Crippen LogP contribution in [-0.2, 0) is 0 Å². The molecule has 0 bridgehead atoms. The lowest BCUT2D eigenvalue weighted by molar-refractivity contribution is 0.603. The number of aromatic nitrogens is 1. The van der Waals surface area contributed by atoms with Crippen LogP contribution in [0.2, 0.25) is 0 Å². The van der Waals surface area contributed by atoms with Crippen molar-refractivity contribution in [3.8, 4) is 17.3 Å². The average Bonchev–Trinajstić information content (AvgIpc) is 2.63. The Morgan fingerprint density at radius 3 is 2.62 bits per heavy atom. The SMILES string of the molecule is N#Cc1cc(-c2cc(F)ccc2F)[nH]c1N. The van der Waals surface area contributed by atoms with Gasteiger partial charge in [0.25, 0.3) is 0 Å². The lowest BCUT2D eigenvalue weighted by Gasteiger charge is -2.00. The second kappa shape index (κ2) is 3.66. The maximum atomic E-state index is 13.4. The fraction of sp³-hybridized carbons (Fsp3) is 0. The molecule has 0 aliphatic heterocycles. The molecule has 80 valence electrons. The molecule has 3 N–H and O–H groups in total. The van der Waals surface area contributed by atoms with Crippen LogP contribution in [0.5, 0.6) is 0 Å². The van der Waals surface area contributed by atoms with Gasteiger partial charge >= 0.3 is 0 Å². The molecule has 0 fully saturated rings. The second-order valence-corrected chi connectivity index (χ2v) is 3.25. The molecule has 0 saturated heterocycles. The third-order valence-electron chi connectivity index (χ3n) is 2.19. The van der Waals surface area contributed by atoms with E-state index in [-0.39, 0.29) is 22.6 Å². The number of anilines is 1. The molecule has 0 saturated carbocycles. The van der Waals surface area contributed by atoms with Gasteiger partial charge in [-0.2, -0.15) is 5.26 Å². The number of nitrogens with zero attached hydrogens (tertiary/aromatic N) is 1. The minimum absolute atomic E-state index is 0.0493. The van der Waals surface area contributed by atoms with Crippen molar-refractivity contribution < 1.29 is 8.78 Å². The molecule has 0 atom stereocenters. The summed E-state index contributed by atoms with van der Waals surface area (Å²) in [5.74, 6) is -0.989. The van der Waals surface area contributed by atoms with Crippen molar-refractivity contribution >= 4 is 5.82 Å². The second-order valence-electron chi connectivity index (χ2n) is 3.25. The summed E-state index contributed by atoms with van der Waals surface area (Å²) < 4.78 is 26.3. The van der Waals surface area contributed by atoms with Crippen molar-refractivity contribution in [1.82, 2.24) is 4.98 Å². The molecule has 1 aromatic carbocycles. The lowest BCUT2D eigenvalue weighted by Crippen LogP contribution is -1.88. The predicted octanol–water partition coefficient (Wildman–Crippen LogP) is 2.41. The van der Waals surface area contributed by atoms with E-state index in [1.807, 2.05) is 6.07 Å². The summed E-state index contributed by atoms with van der Waals surface area (Å²) in [6.07, 6.45) is 0. The van der Waals surface area contributed by atoms with Gasteiger partial charge in [-0.1, -0.05) is 0 Å². The van der Waals surface area contributed by atoms with E-state index in [2.05, 4.69) is 4.98 Å². The molecule has 1 aromatic heterocycles. The van der Waals surface area contributed by atoms with E-state index < -0.39 is 11.6 Å². The number of aromatic amines is 1. The van der Waals surface area contributed by atoms with Crippen LogP contribution in [0.15, 0.2) is 24.3 Å². The van der Waals surface area contributed by atoms with Crippen molar-refractivity contribution in [2.75, 3.05) is 5.73 Å². The highest BCUT2D eigenvalue weighted by atomic mass is 19.1. The summed E-state index contributed by atoms with van der Waals surface area (Å²) in [7, 11) is 0. The number of hydrogen-bond acceptors (Lipinski definition) is 2. The number of nitrogen functional groups attached to an aromatic ring is 1. The van der Waals surface area contributed by atoms with Gasteiger partial charge in [0.2, 0.25) is 0 Å². The zero-order valence-corrected chi connectivity index (χ0v) is 8.09. The highest BCUT2D eigenvalue weighted by Crippen LogP contribution is 2.25. The first-order valence-corrected chi connectivity index (χ1v) is 4.46. The van der Waals surface area contributed by atoms with Gasteiger partial charge in [0.15, 0.2) is 0 Å². The largest absolute Gasteiger partial charge is 0.384 e. The van der Waals surface area contributed by atoms with E-state index in [0.29, 0.717) is 0 Å². The Labute approximate surface area is 90.1 Å². The molecule has 5 heteroatoms. The van der Waals surface area contributed by atoms with Crippen LogP contribution in [0.4, 0.5) is 14.6 Å². The Bertz CT molecular complexity index is 581. The number of rotatable bonds is 1. The summed E-state index contributed by atoms with van der Waals surface area (Å²) in [5.41, 5.74) is 6.02. The molecule has 16 heavy (non-hydrogen) atoms. The first-order chi connectivity index (χ1) is 7.61. The lowest BCUT2D eigenvalue weighted by atomic mass is 10.1. The Morgan fingerprint density at radius 2 is 2.00 bits per heavy atom. The van der Waals surface area contributed by atoms with Crippen molar-refractivity contribution in [3.63, 3.8) is 0 Å². The topological polar surface area (TPSA) is 65.6 Å². The molecule has 0 unspecified atom stereocenters. The fourth-order valence-corrected chi connectivity index (χ4v) is 1.41. The summed E-state index contributed by atoms with van der Waals surface area (Å²) in [5, 5.41) is 8.68. The van der Waals surface area contributed by atoms with E-state index in [9.17, 15) is 8.78 Å². The van der Waals surface area contributed by atoms with E-state index in [1.165, 1.54) is 6.07 Å². The highest BCUT2D eigenvalue weighted by Gasteiger charge is 2.11. The van der Waals surface area contributed by atoms with Crippen LogP contribution in [0.1, 0.15) is 5.56 Å². The van der Waals surface area contributed by atoms with Crippen LogP contribution in [-0.4, -0.2) is 4.98 Å². The van der Waals surface area contributed by atoms with Gasteiger partial charge in [0, 0.05) is 5.56 Å². The number of hydrogen-bond donors (Lipinski definition) is 2. The molecule has 3 nitrogen and oxygen atoms in total. The van der Waals surface area contributed by atoms with Crippen LogP contribution < -0.4 is 5.73 Å². The molecular weight excluding hydrogens is 212 g/mol. The molecule has 0 radical (unpaired) electrons. The van der Waals surface area contributed by atoms with Crippen molar-refractivity contribution in [2.24, 2.45) is 0 Å². The molecular formula is C11H7F2N3. The summed E-state index contributed by atoms with van der Waals surface area (Å²) >= 11 is 0. The van der Waals surface area contributed by atoms with E-state index in [1.54, 1.807) is 0 Å². The van der Waals surface area contributed by atoms with Gasteiger partial charge in [-0.15, -0.1) is 0 Å².